The van der Waals surface area contributed by atoms with Gasteiger partial charge in [-0.1, -0.05) is 27.2 Å². The van der Waals surface area contributed by atoms with Gasteiger partial charge in [0.25, 0.3) is 0 Å². The van der Waals surface area contributed by atoms with Gasteiger partial charge in [0, 0.05) is 15.6 Å². The van der Waals surface area contributed by atoms with E-state index in [0.29, 0.717) is 15.6 Å². The van der Waals surface area contributed by atoms with Crippen molar-refractivity contribution in [2.75, 3.05) is 7.11 Å². The zero-order valence-corrected chi connectivity index (χ0v) is 14.1. The number of hydrogen-bond acceptors (Lipinski definition) is 4. The molecule has 0 aliphatic carbocycles. The summed E-state index contributed by atoms with van der Waals surface area (Å²) < 4.78 is 48.0. The molecule has 128 valence electrons. The number of ether oxygens (including phenoxy) is 2. The smallest absolute Gasteiger partial charge is 0.387 e. The Labute approximate surface area is 145 Å². The Morgan fingerprint density at radius 1 is 1.17 bits per heavy atom. The van der Waals surface area contributed by atoms with E-state index in [1.54, 1.807) is 12.1 Å². The van der Waals surface area contributed by atoms with E-state index in [0.717, 1.165) is 0 Å². The van der Waals surface area contributed by atoms with E-state index in [-0.39, 0.29) is 18.1 Å². The number of oxime groups is 1. The molecule has 2 aromatic carbocycles. The molecule has 0 saturated heterocycles. The lowest BCUT2D eigenvalue weighted by Gasteiger charge is -2.09. The highest BCUT2D eigenvalue weighted by Gasteiger charge is 2.10. The van der Waals surface area contributed by atoms with Crippen molar-refractivity contribution in [1.82, 2.24) is 0 Å². The van der Waals surface area contributed by atoms with Crippen LogP contribution >= 0.6 is 15.9 Å². The molecule has 0 heterocycles. The molecule has 2 aromatic rings. The molecular weight excluding hydrogens is 391 g/mol. The first kappa shape index (κ1) is 18.1. The first-order valence-corrected chi connectivity index (χ1v) is 7.51. The molecule has 2 rings (SSSR count). The lowest BCUT2D eigenvalue weighted by molar-refractivity contribution is -0.0512. The van der Waals surface area contributed by atoms with Gasteiger partial charge < -0.3 is 14.3 Å². The number of alkyl halides is 2. The van der Waals surface area contributed by atoms with Gasteiger partial charge in [-0.15, -0.1) is 0 Å². The van der Waals surface area contributed by atoms with E-state index in [9.17, 15) is 13.2 Å². The van der Waals surface area contributed by atoms with Gasteiger partial charge in [-0.05, 0) is 30.3 Å². The monoisotopic (exact) mass is 403 g/mol. The lowest BCUT2D eigenvalue weighted by Crippen LogP contribution is -2.03. The van der Waals surface area contributed by atoms with E-state index in [2.05, 4.69) is 25.8 Å². The van der Waals surface area contributed by atoms with Crippen LogP contribution in [0.3, 0.4) is 0 Å². The van der Waals surface area contributed by atoms with E-state index < -0.39 is 12.4 Å². The average Bonchev–Trinajstić information content (AvgIpc) is 2.53. The SMILES string of the molecule is COc1cc(/C=N/OCc2ccc(Br)cc2F)ccc1OC(F)F. The summed E-state index contributed by atoms with van der Waals surface area (Å²) in [5.41, 5.74) is 0.901. The quantitative estimate of drug-likeness (QED) is 0.494. The number of nitrogens with zero attached hydrogens (tertiary/aromatic N) is 1. The summed E-state index contributed by atoms with van der Waals surface area (Å²) >= 11 is 3.16. The van der Waals surface area contributed by atoms with Gasteiger partial charge in [0.2, 0.25) is 0 Å². The lowest BCUT2D eigenvalue weighted by atomic mass is 10.2. The standard InChI is InChI=1S/C16H13BrF3NO3/c1-22-15-6-10(2-5-14(15)24-16(19)20)8-21-23-9-11-3-4-12(17)7-13(11)18/h2-8,16H,9H2,1H3/b21-8+. The van der Waals surface area contributed by atoms with Crippen molar-refractivity contribution in [3.8, 4) is 11.5 Å². The fourth-order valence-electron chi connectivity index (χ4n) is 1.80. The first-order valence-electron chi connectivity index (χ1n) is 6.71. The van der Waals surface area contributed by atoms with Crippen molar-refractivity contribution in [3.05, 3.63) is 57.8 Å². The molecule has 8 heteroatoms. The van der Waals surface area contributed by atoms with Crippen LogP contribution in [-0.2, 0) is 11.4 Å². The third kappa shape index (κ3) is 5.16. The van der Waals surface area contributed by atoms with E-state index >= 15 is 0 Å². The summed E-state index contributed by atoms with van der Waals surface area (Å²) in [6.45, 7) is -2.98. The van der Waals surface area contributed by atoms with Crippen LogP contribution in [0.25, 0.3) is 0 Å². The molecule has 0 aromatic heterocycles. The number of hydrogen-bond donors (Lipinski definition) is 0. The van der Waals surface area contributed by atoms with E-state index in [1.165, 1.54) is 37.6 Å². The van der Waals surface area contributed by atoms with Crippen molar-refractivity contribution in [1.29, 1.82) is 0 Å². The van der Waals surface area contributed by atoms with Crippen LogP contribution in [0, 0.1) is 5.82 Å². The highest BCUT2D eigenvalue weighted by atomic mass is 79.9. The molecule has 0 amide bonds. The van der Waals surface area contributed by atoms with Gasteiger partial charge in [0.05, 0.1) is 13.3 Å². The van der Waals surface area contributed by atoms with Crippen LogP contribution in [0.1, 0.15) is 11.1 Å². The Bertz CT molecular complexity index is 726. The third-order valence-electron chi connectivity index (χ3n) is 2.92. The molecule has 0 bridgehead atoms. The average molecular weight is 404 g/mol. The predicted molar refractivity (Wildman–Crippen MR) is 86.1 cm³/mol. The fourth-order valence-corrected chi connectivity index (χ4v) is 2.13. The largest absolute Gasteiger partial charge is 0.493 e. The van der Waals surface area contributed by atoms with Crippen LogP contribution in [0.15, 0.2) is 46.0 Å². The molecule has 0 spiro atoms. The van der Waals surface area contributed by atoms with Gasteiger partial charge in [-0.2, -0.15) is 8.78 Å². The third-order valence-corrected chi connectivity index (χ3v) is 3.41. The molecule has 0 aliphatic heterocycles. The molecule has 0 unspecified atom stereocenters. The topological polar surface area (TPSA) is 40.0 Å². The fraction of sp³-hybridized carbons (Fsp3) is 0.188. The minimum Gasteiger partial charge on any atom is -0.493 e. The Morgan fingerprint density at radius 3 is 2.62 bits per heavy atom. The zero-order valence-electron chi connectivity index (χ0n) is 12.5. The Balaban J connectivity index is 1.98. The molecular formula is C16H13BrF3NO3. The summed E-state index contributed by atoms with van der Waals surface area (Å²) in [4.78, 5) is 5.03. The van der Waals surface area contributed by atoms with Crippen LogP contribution in [0.4, 0.5) is 13.2 Å². The van der Waals surface area contributed by atoms with Gasteiger partial charge in [0.15, 0.2) is 11.5 Å². The number of rotatable bonds is 7. The van der Waals surface area contributed by atoms with Crippen molar-refractivity contribution in [2.45, 2.75) is 13.2 Å². The second-order valence-electron chi connectivity index (χ2n) is 4.53. The Morgan fingerprint density at radius 2 is 1.96 bits per heavy atom. The summed E-state index contributed by atoms with van der Waals surface area (Å²) in [5, 5.41) is 3.72. The summed E-state index contributed by atoms with van der Waals surface area (Å²) in [6, 6.07) is 8.90. The zero-order chi connectivity index (χ0) is 17.5. The van der Waals surface area contributed by atoms with Gasteiger partial charge in [-0.25, -0.2) is 4.39 Å². The minimum absolute atomic E-state index is 0.0423. The first-order chi connectivity index (χ1) is 11.5. The van der Waals surface area contributed by atoms with Crippen LogP contribution < -0.4 is 9.47 Å². The molecule has 0 saturated carbocycles. The number of methoxy groups -OCH3 is 1. The normalized spacial score (nSPS) is 11.1. The molecule has 4 nitrogen and oxygen atoms in total. The van der Waals surface area contributed by atoms with Crippen molar-refractivity contribution in [3.63, 3.8) is 0 Å². The van der Waals surface area contributed by atoms with Gasteiger partial charge in [-0.3, -0.25) is 0 Å². The molecule has 0 atom stereocenters. The van der Waals surface area contributed by atoms with Crippen LogP contribution in [0.5, 0.6) is 11.5 Å². The molecule has 0 fully saturated rings. The second kappa shape index (κ2) is 8.58. The number of benzene rings is 2. The molecule has 0 radical (unpaired) electrons. The maximum atomic E-state index is 13.6. The predicted octanol–water partition coefficient (Wildman–Crippen LogP) is 4.75. The van der Waals surface area contributed by atoms with Crippen molar-refractivity contribution < 1.29 is 27.5 Å². The van der Waals surface area contributed by atoms with Gasteiger partial charge in [0.1, 0.15) is 12.4 Å². The van der Waals surface area contributed by atoms with Crippen LogP contribution in [0.2, 0.25) is 0 Å². The summed E-state index contributed by atoms with van der Waals surface area (Å²) in [5.74, 6) is -0.351. The van der Waals surface area contributed by atoms with Crippen LogP contribution in [-0.4, -0.2) is 19.9 Å². The second-order valence-corrected chi connectivity index (χ2v) is 5.45. The highest BCUT2D eigenvalue weighted by molar-refractivity contribution is 9.10. The highest BCUT2D eigenvalue weighted by Crippen LogP contribution is 2.29. The van der Waals surface area contributed by atoms with Crippen molar-refractivity contribution >= 4 is 22.1 Å². The maximum absolute atomic E-state index is 13.6. The van der Waals surface area contributed by atoms with Gasteiger partial charge >= 0.3 is 6.61 Å². The van der Waals surface area contributed by atoms with E-state index in [1.807, 2.05) is 0 Å². The maximum Gasteiger partial charge on any atom is 0.387 e. The number of halogens is 4. The Kier molecular flexibility index (Phi) is 6.48. The Hall–Kier alpha value is -2.22. The minimum atomic E-state index is -2.94. The summed E-state index contributed by atoms with van der Waals surface area (Å²) in [7, 11) is 1.33. The molecule has 0 aliphatic rings. The van der Waals surface area contributed by atoms with E-state index in [4.69, 9.17) is 9.57 Å². The molecule has 0 N–H and O–H groups in total. The summed E-state index contributed by atoms with van der Waals surface area (Å²) in [6.07, 6.45) is 1.35. The molecule has 24 heavy (non-hydrogen) atoms. The van der Waals surface area contributed by atoms with Crippen molar-refractivity contribution in [2.24, 2.45) is 5.16 Å².